The quantitative estimate of drug-likeness (QED) is 0.852. The molecule has 0 aliphatic rings. The van der Waals surface area contributed by atoms with Crippen LogP contribution in [0.1, 0.15) is 36.5 Å². The maximum Gasteiger partial charge on any atom is 0.0621 e. The second-order valence-electron chi connectivity index (χ2n) is 5.55. The Labute approximate surface area is 126 Å². The van der Waals surface area contributed by atoms with E-state index in [1.165, 1.54) is 5.56 Å². The molecule has 2 aromatic carbocycles. The smallest absolute Gasteiger partial charge is 0.0621 e. The van der Waals surface area contributed by atoms with Gasteiger partial charge in [-0.15, -0.1) is 0 Å². The summed E-state index contributed by atoms with van der Waals surface area (Å²) in [5, 5.41) is 10.9. The Balaban J connectivity index is 1.97. The van der Waals surface area contributed by atoms with Crippen LogP contribution < -0.4 is 0 Å². The molecule has 0 radical (unpaired) electrons. The Hall–Kier alpha value is -1.31. The molecule has 0 fully saturated rings. The van der Waals surface area contributed by atoms with Gasteiger partial charge in [-0.2, -0.15) is 0 Å². The summed E-state index contributed by atoms with van der Waals surface area (Å²) in [5.41, 5.74) is 3.49. The Bertz CT molecular complexity index is 546. The molecule has 2 heteroatoms. The molecule has 20 heavy (non-hydrogen) atoms. The molecule has 0 spiro atoms. The number of benzene rings is 2. The largest absolute Gasteiger partial charge is 0.392 e. The van der Waals surface area contributed by atoms with Gasteiger partial charge in [-0.05, 0) is 35.1 Å². The summed E-state index contributed by atoms with van der Waals surface area (Å²) in [4.78, 5) is 0. The first-order chi connectivity index (χ1) is 9.56. The van der Waals surface area contributed by atoms with Crippen LogP contribution in [0.2, 0.25) is 5.02 Å². The van der Waals surface area contributed by atoms with Gasteiger partial charge in [-0.3, -0.25) is 0 Å². The minimum absolute atomic E-state index is 0.403. The number of aliphatic hydroxyl groups is 1. The highest BCUT2D eigenvalue weighted by Crippen LogP contribution is 2.19. The predicted octanol–water partition coefficient (Wildman–Crippen LogP) is 4.61. The van der Waals surface area contributed by atoms with Gasteiger partial charge in [0.15, 0.2) is 0 Å². The number of hydrogen-bond donors (Lipinski definition) is 1. The topological polar surface area (TPSA) is 20.2 Å². The average molecular weight is 289 g/mol. The van der Waals surface area contributed by atoms with Crippen molar-refractivity contribution in [1.82, 2.24) is 0 Å². The molecule has 0 saturated carbocycles. The maximum atomic E-state index is 10.2. The molecule has 0 saturated heterocycles. The third-order valence-corrected chi connectivity index (χ3v) is 3.90. The third-order valence-electron chi connectivity index (χ3n) is 3.53. The van der Waals surface area contributed by atoms with E-state index < -0.39 is 6.10 Å². The summed E-state index contributed by atoms with van der Waals surface area (Å²) in [6, 6.07) is 16.2. The van der Waals surface area contributed by atoms with E-state index in [2.05, 4.69) is 38.1 Å². The van der Waals surface area contributed by atoms with E-state index in [4.69, 9.17) is 11.6 Å². The highest BCUT2D eigenvalue weighted by Gasteiger charge is 2.09. The molecule has 0 aliphatic heterocycles. The van der Waals surface area contributed by atoms with Crippen LogP contribution in [-0.2, 0) is 12.8 Å². The molecule has 106 valence electrons. The van der Waals surface area contributed by atoms with Crippen LogP contribution in [0, 0.1) is 0 Å². The zero-order chi connectivity index (χ0) is 14.5. The Kier molecular flexibility index (Phi) is 5.22. The Morgan fingerprint density at radius 3 is 2.20 bits per heavy atom. The third kappa shape index (κ3) is 4.09. The molecule has 0 amide bonds. The van der Waals surface area contributed by atoms with Gasteiger partial charge in [0, 0.05) is 11.4 Å². The van der Waals surface area contributed by atoms with Gasteiger partial charge in [-0.25, -0.2) is 0 Å². The molecule has 1 N–H and O–H groups in total. The van der Waals surface area contributed by atoms with Crippen molar-refractivity contribution in [2.24, 2.45) is 0 Å². The zero-order valence-electron chi connectivity index (χ0n) is 12.0. The molecule has 0 heterocycles. The summed E-state index contributed by atoms with van der Waals surface area (Å²) >= 11 is 6.12. The van der Waals surface area contributed by atoms with Crippen molar-refractivity contribution >= 4 is 11.6 Å². The first-order valence-electron chi connectivity index (χ1n) is 7.06. The van der Waals surface area contributed by atoms with Crippen LogP contribution in [0.4, 0.5) is 0 Å². The van der Waals surface area contributed by atoms with E-state index in [1.54, 1.807) is 0 Å². The number of halogens is 1. The molecule has 0 aromatic heterocycles. The molecule has 0 aliphatic carbocycles. The molecule has 1 nitrogen and oxygen atoms in total. The van der Waals surface area contributed by atoms with E-state index in [1.807, 2.05) is 24.3 Å². The van der Waals surface area contributed by atoms with Crippen molar-refractivity contribution in [1.29, 1.82) is 0 Å². The Morgan fingerprint density at radius 1 is 0.950 bits per heavy atom. The standard InChI is InChI=1S/C18H21ClO/c1-13(2)15-9-7-14(8-10-15)11-17(20)12-16-5-3-4-6-18(16)19/h3-10,13,17,20H,11-12H2,1-2H3. The molecule has 2 rings (SSSR count). The number of rotatable bonds is 5. The maximum absolute atomic E-state index is 10.2. The Morgan fingerprint density at radius 2 is 1.60 bits per heavy atom. The van der Waals surface area contributed by atoms with E-state index in [9.17, 15) is 5.11 Å². The summed E-state index contributed by atoms with van der Waals surface area (Å²) in [6.45, 7) is 4.36. The summed E-state index contributed by atoms with van der Waals surface area (Å²) in [5.74, 6) is 0.539. The van der Waals surface area contributed by atoms with Gasteiger partial charge in [-0.1, -0.05) is 67.9 Å². The van der Waals surface area contributed by atoms with Gasteiger partial charge in [0.2, 0.25) is 0 Å². The van der Waals surface area contributed by atoms with Gasteiger partial charge >= 0.3 is 0 Å². The van der Waals surface area contributed by atoms with Crippen LogP contribution in [0.25, 0.3) is 0 Å². The lowest BCUT2D eigenvalue weighted by molar-refractivity contribution is 0.175. The average Bonchev–Trinajstić information content (AvgIpc) is 2.42. The van der Waals surface area contributed by atoms with E-state index in [0.717, 1.165) is 16.1 Å². The summed E-state index contributed by atoms with van der Waals surface area (Å²) < 4.78 is 0. The number of aliphatic hydroxyl groups excluding tert-OH is 1. The lowest BCUT2D eigenvalue weighted by atomic mass is 9.98. The van der Waals surface area contributed by atoms with Crippen molar-refractivity contribution in [2.45, 2.75) is 38.7 Å². The van der Waals surface area contributed by atoms with Gasteiger partial charge in [0.1, 0.15) is 0 Å². The van der Waals surface area contributed by atoms with Crippen molar-refractivity contribution in [3.8, 4) is 0 Å². The van der Waals surface area contributed by atoms with Gasteiger partial charge in [0.05, 0.1) is 6.10 Å². The second-order valence-corrected chi connectivity index (χ2v) is 5.96. The lowest BCUT2D eigenvalue weighted by Gasteiger charge is -2.13. The number of hydrogen-bond acceptors (Lipinski definition) is 1. The van der Waals surface area contributed by atoms with Crippen LogP contribution in [0.5, 0.6) is 0 Å². The fraction of sp³-hybridized carbons (Fsp3) is 0.333. The molecular weight excluding hydrogens is 268 g/mol. The summed E-state index contributed by atoms with van der Waals surface area (Å²) in [6.07, 6.45) is 0.842. The first kappa shape index (κ1) is 15.1. The van der Waals surface area contributed by atoms with Crippen LogP contribution in [0.3, 0.4) is 0 Å². The van der Waals surface area contributed by atoms with Crippen LogP contribution in [0.15, 0.2) is 48.5 Å². The predicted molar refractivity (Wildman–Crippen MR) is 85.4 cm³/mol. The lowest BCUT2D eigenvalue weighted by Crippen LogP contribution is -2.14. The van der Waals surface area contributed by atoms with Gasteiger partial charge in [0.25, 0.3) is 0 Å². The van der Waals surface area contributed by atoms with Crippen LogP contribution in [-0.4, -0.2) is 11.2 Å². The second kappa shape index (κ2) is 6.92. The minimum atomic E-state index is -0.403. The molecule has 0 bridgehead atoms. The zero-order valence-corrected chi connectivity index (χ0v) is 12.8. The fourth-order valence-corrected chi connectivity index (χ4v) is 2.51. The molecule has 1 atom stereocenters. The normalized spacial score (nSPS) is 12.7. The van der Waals surface area contributed by atoms with Crippen LogP contribution >= 0.6 is 11.6 Å². The summed E-state index contributed by atoms with van der Waals surface area (Å²) in [7, 11) is 0. The molecular formula is C18H21ClO. The minimum Gasteiger partial charge on any atom is -0.392 e. The monoisotopic (exact) mass is 288 g/mol. The van der Waals surface area contributed by atoms with E-state index >= 15 is 0 Å². The first-order valence-corrected chi connectivity index (χ1v) is 7.44. The highest BCUT2D eigenvalue weighted by atomic mass is 35.5. The van der Waals surface area contributed by atoms with E-state index in [-0.39, 0.29) is 0 Å². The van der Waals surface area contributed by atoms with E-state index in [0.29, 0.717) is 18.8 Å². The highest BCUT2D eigenvalue weighted by molar-refractivity contribution is 6.31. The van der Waals surface area contributed by atoms with Crippen molar-refractivity contribution in [3.63, 3.8) is 0 Å². The van der Waals surface area contributed by atoms with Gasteiger partial charge < -0.3 is 5.11 Å². The molecule has 2 aromatic rings. The fourth-order valence-electron chi connectivity index (χ4n) is 2.30. The van der Waals surface area contributed by atoms with Crippen molar-refractivity contribution in [2.75, 3.05) is 0 Å². The van der Waals surface area contributed by atoms with Crippen molar-refractivity contribution < 1.29 is 5.11 Å². The SMILES string of the molecule is CC(C)c1ccc(CC(O)Cc2ccccc2Cl)cc1. The van der Waals surface area contributed by atoms with Crippen molar-refractivity contribution in [3.05, 3.63) is 70.2 Å². The molecule has 1 unspecified atom stereocenters.